The highest BCUT2D eigenvalue weighted by atomic mass is 16.5. The second-order valence-electron chi connectivity index (χ2n) is 2.90. The van der Waals surface area contributed by atoms with Crippen LogP contribution in [0.2, 0.25) is 0 Å². The second-order valence-corrected chi connectivity index (χ2v) is 2.90. The van der Waals surface area contributed by atoms with Crippen molar-refractivity contribution in [3.63, 3.8) is 0 Å². The number of hydrogen-bond acceptors (Lipinski definition) is 3. The molecular weight excluding hydrogens is 166 g/mol. The maximum atomic E-state index is 5.05. The first-order chi connectivity index (χ1) is 6.31. The van der Waals surface area contributed by atoms with Gasteiger partial charge in [0.2, 0.25) is 0 Å². The summed E-state index contributed by atoms with van der Waals surface area (Å²) in [6, 6.07) is 3.97. The van der Waals surface area contributed by atoms with Crippen molar-refractivity contribution in [2.24, 2.45) is 0 Å². The van der Waals surface area contributed by atoms with Gasteiger partial charge in [-0.1, -0.05) is 0 Å². The molecule has 0 N–H and O–H groups in total. The summed E-state index contributed by atoms with van der Waals surface area (Å²) in [5.41, 5.74) is 2.04. The van der Waals surface area contributed by atoms with Gasteiger partial charge in [-0.15, -0.1) is 0 Å². The monoisotopic (exact) mass is 177 g/mol. The lowest BCUT2D eigenvalue weighted by Crippen LogP contribution is -2.01. The largest absolute Gasteiger partial charge is 0.378 e. The highest BCUT2D eigenvalue weighted by Crippen LogP contribution is 2.08. The molecule has 0 fully saturated rings. The minimum absolute atomic E-state index is 0.574. The molecular formula is C9H11N3O. The van der Waals surface area contributed by atoms with Gasteiger partial charge >= 0.3 is 0 Å². The maximum absolute atomic E-state index is 5.05. The zero-order valence-corrected chi connectivity index (χ0v) is 7.69. The summed E-state index contributed by atoms with van der Waals surface area (Å²) in [5.74, 6) is 0.765. The molecule has 0 atom stereocenters. The van der Waals surface area contributed by atoms with Crippen molar-refractivity contribution in [2.75, 3.05) is 7.11 Å². The molecule has 2 aromatic rings. The Labute approximate surface area is 76.2 Å². The number of fused-ring (bicyclic) bond motifs is 1. The summed E-state index contributed by atoms with van der Waals surface area (Å²) >= 11 is 0. The van der Waals surface area contributed by atoms with Crippen LogP contribution in [-0.2, 0) is 11.3 Å². The van der Waals surface area contributed by atoms with Crippen molar-refractivity contribution in [3.8, 4) is 0 Å². The third kappa shape index (κ3) is 1.40. The van der Waals surface area contributed by atoms with E-state index in [1.165, 1.54) is 0 Å². The Morgan fingerprint density at radius 1 is 1.46 bits per heavy atom. The van der Waals surface area contributed by atoms with Crippen molar-refractivity contribution < 1.29 is 4.74 Å². The number of ether oxygens (including phenoxy) is 1. The van der Waals surface area contributed by atoms with Gasteiger partial charge in [-0.3, -0.25) is 0 Å². The predicted octanol–water partition coefficient (Wildman–Crippen LogP) is 1.18. The van der Waals surface area contributed by atoms with Crippen LogP contribution in [0.4, 0.5) is 0 Å². The van der Waals surface area contributed by atoms with Gasteiger partial charge in [-0.25, -0.2) is 9.50 Å². The van der Waals surface area contributed by atoms with E-state index in [0.29, 0.717) is 6.61 Å². The fourth-order valence-corrected chi connectivity index (χ4v) is 1.30. The molecule has 68 valence electrons. The van der Waals surface area contributed by atoms with Gasteiger partial charge in [0.15, 0.2) is 0 Å². The Hall–Kier alpha value is -1.42. The summed E-state index contributed by atoms with van der Waals surface area (Å²) in [6.07, 6.45) is 1.81. The summed E-state index contributed by atoms with van der Waals surface area (Å²) in [7, 11) is 1.67. The van der Waals surface area contributed by atoms with Crippen LogP contribution in [0.5, 0.6) is 0 Å². The Morgan fingerprint density at radius 2 is 2.31 bits per heavy atom. The van der Waals surface area contributed by atoms with Gasteiger partial charge in [0, 0.05) is 7.11 Å². The first kappa shape index (κ1) is 8.19. The molecule has 4 heteroatoms. The van der Waals surface area contributed by atoms with Gasteiger partial charge in [0.25, 0.3) is 0 Å². The molecule has 0 unspecified atom stereocenters. The summed E-state index contributed by atoms with van der Waals surface area (Å²) in [5, 5.41) is 4.28. The molecule has 0 aliphatic carbocycles. The molecule has 2 aromatic heterocycles. The Morgan fingerprint density at radius 3 is 3.08 bits per heavy atom. The lowest BCUT2D eigenvalue weighted by Gasteiger charge is -2.00. The molecule has 2 heterocycles. The first-order valence-electron chi connectivity index (χ1n) is 4.10. The number of aryl methyl sites for hydroxylation is 1. The van der Waals surface area contributed by atoms with Crippen LogP contribution in [0.25, 0.3) is 5.52 Å². The number of nitrogens with zero attached hydrogens (tertiary/aromatic N) is 3. The smallest absolute Gasteiger partial charge is 0.146 e. The lowest BCUT2D eigenvalue weighted by molar-refractivity contribution is 0.180. The van der Waals surface area contributed by atoms with E-state index in [1.807, 2.05) is 29.8 Å². The van der Waals surface area contributed by atoms with Gasteiger partial charge in [-0.2, -0.15) is 5.10 Å². The molecule has 0 bridgehead atoms. The number of methoxy groups -OCH3 is 1. The molecule has 0 saturated carbocycles. The molecule has 0 saturated heterocycles. The standard InChI is InChI=1S/C9H11N3O/c1-7-10-5-8-3-4-9(6-13-2)12(8)11-7/h3-5H,6H2,1-2H3. The molecule has 0 aliphatic rings. The lowest BCUT2D eigenvalue weighted by atomic mass is 10.4. The summed E-state index contributed by atoms with van der Waals surface area (Å²) in [4.78, 5) is 4.11. The topological polar surface area (TPSA) is 39.4 Å². The molecule has 13 heavy (non-hydrogen) atoms. The van der Waals surface area contributed by atoms with E-state index in [9.17, 15) is 0 Å². The van der Waals surface area contributed by atoms with Crippen LogP contribution in [0.1, 0.15) is 11.5 Å². The number of aromatic nitrogens is 3. The predicted molar refractivity (Wildman–Crippen MR) is 48.4 cm³/mol. The van der Waals surface area contributed by atoms with Gasteiger partial charge in [-0.05, 0) is 19.1 Å². The summed E-state index contributed by atoms with van der Waals surface area (Å²) in [6.45, 7) is 2.45. The Bertz CT molecular complexity index is 422. The highest BCUT2D eigenvalue weighted by molar-refractivity contribution is 5.45. The molecule has 0 radical (unpaired) electrons. The fraction of sp³-hybridized carbons (Fsp3) is 0.333. The zero-order chi connectivity index (χ0) is 9.26. The van der Waals surface area contributed by atoms with Crippen molar-refractivity contribution in [3.05, 3.63) is 29.8 Å². The number of hydrogen-bond donors (Lipinski definition) is 0. The van der Waals surface area contributed by atoms with Crippen molar-refractivity contribution in [1.82, 2.24) is 14.6 Å². The van der Waals surface area contributed by atoms with E-state index in [-0.39, 0.29) is 0 Å². The summed E-state index contributed by atoms with van der Waals surface area (Å²) < 4.78 is 6.91. The van der Waals surface area contributed by atoms with Crippen LogP contribution < -0.4 is 0 Å². The van der Waals surface area contributed by atoms with E-state index in [0.717, 1.165) is 17.0 Å². The van der Waals surface area contributed by atoms with E-state index in [2.05, 4.69) is 10.1 Å². The quantitative estimate of drug-likeness (QED) is 0.691. The van der Waals surface area contributed by atoms with Crippen molar-refractivity contribution in [1.29, 1.82) is 0 Å². The fourth-order valence-electron chi connectivity index (χ4n) is 1.30. The minimum Gasteiger partial charge on any atom is -0.378 e. The molecule has 0 spiro atoms. The normalized spacial score (nSPS) is 10.9. The second kappa shape index (κ2) is 3.14. The zero-order valence-electron chi connectivity index (χ0n) is 7.69. The van der Waals surface area contributed by atoms with E-state index in [1.54, 1.807) is 7.11 Å². The molecule has 0 amide bonds. The third-order valence-corrected chi connectivity index (χ3v) is 1.88. The highest BCUT2D eigenvalue weighted by Gasteiger charge is 2.02. The minimum atomic E-state index is 0.574. The van der Waals surface area contributed by atoms with E-state index >= 15 is 0 Å². The Balaban J connectivity index is 2.58. The van der Waals surface area contributed by atoms with E-state index in [4.69, 9.17) is 4.74 Å². The average molecular weight is 177 g/mol. The van der Waals surface area contributed by atoms with Crippen LogP contribution >= 0.6 is 0 Å². The Kier molecular flexibility index (Phi) is 1.98. The average Bonchev–Trinajstić information content (AvgIpc) is 2.49. The molecule has 0 aromatic carbocycles. The van der Waals surface area contributed by atoms with Gasteiger partial charge < -0.3 is 4.74 Å². The first-order valence-corrected chi connectivity index (χ1v) is 4.10. The van der Waals surface area contributed by atoms with Crippen LogP contribution in [0, 0.1) is 6.92 Å². The molecule has 2 rings (SSSR count). The van der Waals surface area contributed by atoms with Crippen LogP contribution in [0.15, 0.2) is 18.3 Å². The van der Waals surface area contributed by atoms with Crippen molar-refractivity contribution >= 4 is 5.52 Å². The maximum Gasteiger partial charge on any atom is 0.146 e. The molecule has 0 aliphatic heterocycles. The SMILES string of the molecule is COCc1ccc2cnc(C)nn12. The molecule has 4 nitrogen and oxygen atoms in total. The number of rotatable bonds is 2. The van der Waals surface area contributed by atoms with E-state index < -0.39 is 0 Å². The van der Waals surface area contributed by atoms with Gasteiger partial charge in [0.05, 0.1) is 24.0 Å². The van der Waals surface area contributed by atoms with Crippen LogP contribution in [-0.4, -0.2) is 21.7 Å². The van der Waals surface area contributed by atoms with Crippen molar-refractivity contribution in [2.45, 2.75) is 13.5 Å². The third-order valence-electron chi connectivity index (χ3n) is 1.88. The van der Waals surface area contributed by atoms with Crippen LogP contribution in [0.3, 0.4) is 0 Å². The van der Waals surface area contributed by atoms with Gasteiger partial charge in [0.1, 0.15) is 5.82 Å².